The molecule has 1 amide bonds. The monoisotopic (exact) mass is 384 g/mol. The average Bonchev–Trinajstić information content (AvgIpc) is 3.31. The number of pyridine rings is 2. The highest BCUT2D eigenvalue weighted by Crippen LogP contribution is 2.45. The summed E-state index contributed by atoms with van der Waals surface area (Å²) in [6.45, 7) is 5.17. The van der Waals surface area contributed by atoms with Gasteiger partial charge in [-0.3, -0.25) is 14.8 Å². The highest BCUT2D eigenvalue weighted by atomic mass is 16.2. The lowest BCUT2D eigenvalue weighted by molar-refractivity contribution is 0.0783. The van der Waals surface area contributed by atoms with Crippen molar-refractivity contribution < 1.29 is 4.79 Å². The highest BCUT2D eigenvalue weighted by molar-refractivity contribution is 5.96. The van der Waals surface area contributed by atoms with Gasteiger partial charge in [-0.25, -0.2) is 0 Å². The predicted octanol–water partition coefficient (Wildman–Crippen LogP) is 3.59. The molecule has 0 N–H and O–H groups in total. The normalized spacial score (nSPS) is 20.3. The number of nitrogens with zero attached hydrogens (tertiary/aromatic N) is 4. The molecule has 0 saturated carbocycles. The summed E-state index contributed by atoms with van der Waals surface area (Å²) < 4.78 is 0. The lowest BCUT2D eigenvalue weighted by Gasteiger charge is -2.26. The second-order valence-electron chi connectivity index (χ2n) is 8.16. The van der Waals surface area contributed by atoms with E-state index in [4.69, 9.17) is 4.98 Å². The number of anilines is 1. The minimum atomic E-state index is -0.100. The topological polar surface area (TPSA) is 49.3 Å². The Kier molecular flexibility index (Phi) is 4.31. The fourth-order valence-corrected chi connectivity index (χ4v) is 4.79. The van der Waals surface area contributed by atoms with E-state index in [0.717, 1.165) is 42.9 Å². The molecule has 1 atom stereocenters. The van der Waals surface area contributed by atoms with Gasteiger partial charge < -0.3 is 9.80 Å². The second-order valence-corrected chi connectivity index (χ2v) is 8.16. The van der Waals surface area contributed by atoms with E-state index in [2.05, 4.69) is 22.0 Å². The molecule has 0 radical (unpaired) electrons. The number of carbonyl (C=O) groups excluding carboxylic acids is 1. The van der Waals surface area contributed by atoms with Gasteiger partial charge >= 0.3 is 0 Å². The van der Waals surface area contributed by atoms with Gasteiger partial charge in [0.05, 0.1) is 16.8 Å². The van der Waals surface area contributed by atoms with Gasteiger partial charge in [-0.05, 0) is 48.7 Å². The molecule has 4 heterocycles. The van der Waals surface area contributed by atoms with Crippen LogP contribution in [0.1, 0.15) is 33.6 Å². The minimum Gasteiger partial charge on any atom is -0.365 e. The smallest absolute Gasteiger partial charge is 0.254 e. The van der Waals surface area contributed by atoms with E-state index in [9.17, 15) is 4.79 Å². The van der Waals surface area contributed by atoms with E-state index in [1.54, 1.807) is 6.20 Å². The maximum atomic E-state index is 13.2. The first-order valence-electron chi connectivity index (χ1n) is 10.1. The number of carbonyl (C=O) groups is 1. The molecule has 5 heteroatoms. The Labute approximate surface area is 171 Å². The van der Waals surface area contributed by atoms with Crippen LogP contribution in [0.25, 0.3) is 0 Å². The maximum absolute atomic E-state index is 13.2. The SMILES string of the molecule is Cc1ccccc1C(=O)N1CC[C@@]2(C1)CN(Cc1cccnc1)c1cccnc12. The van der Waals surface area contributed by atoms with Crippen LogP contribution in [0.5, 0.6) is 0 Å². The third-order valence-electron chi connectivity index (χ3n) is 6.24. The summed E-state index contributed by atoms with van der Waals surface area (Å²) in [4.78, 5) is 26.6. The van der Waals surface area contributed by atoms with Gasteiger partial charge in [0.1, 0.15) is 0 Å². The largest absolute Gasteiger partial charge is 0.365 e. The zero-order valence-corrected chi connectivity index (χ0v) is 16.6. The molecular weight excluding hydrogens is 360 g/mol. The molecule has 0 unspecified atom stereocenters. The summed E-state index contributed by atoms with van der Waals surface area (Å²) in [6.07, 6.45) is 6.54. The molecule has 1 spiro atoms. The van der Waals surface area contributed by atoms with Crippen LogP contribution in [0.2, 0.25) is 0 Å². The zero-order chi connectivity index (χ0) is 19.8. The maximum Gasteiger partial charge on any atom is 0.254 e. The summed E-state index contributed by atoms with van der Waals surface area (Å²) in [5.74, 6) is 0.128. The first kappa shape index (κ1) is 17.9. The molecule has 146 valence electrons. The Morgan fingerprint density at radius 2 is 1.93 bits per heavy atom. The van der Waals surface area contributed by atoms with Gasteiger partial charge in [0.25, 0.3) is 5.91 Å². The Morgan fingerprint density at radius 3 is 2.76 bits per heavy atom. The zero-order valence-electron chi connectivity index (χ0n) is 16.6. The molecule has 3 aromatic rings. The number of likely N-dealkylation sites (tertiary alicyclic amines) is 1. The summed E-state index contributed by atoms with van der Waals surface area (Å²) in [5.41, 5.74) is 5.23. The minimum absolute atomic E-state index is 0.100. The van der Waals surface area contributed by atoms with E-state index < -0.39 is 0 Å². The molecule has 0 bridgehead atoms. The van der Waals surface area contributed by atoms with Crippen molar-refractivity contribution in [2.75, 3.05) is 24.5 Å². The van der Waals surface area contributed by atoms with E-state index in [0.29, 0.717) is 6.54 Å². The van der Waals surface area contributed by atoms with Crippen LogP contribution in [0, 0.1) is 6.92 Å². The molecule has 2 aliphatic rings. The third-order valence-corrected chi connectivity index (χ3v) is 6.24. The van der Waals surface area contributed by atoms with Crippen molar-refractivity contribution in [3.63, 3.8) is 0 Å². The van der Waals surface area contributed by atoms with Gasteiger partial charge in [0, 0.05) is 50.3 Å². The number of fused-ring (bicyclic) bond motifs is 2. The van der Waals surface area contributed by atoms with Crippen LogP contribution in [-0.4, -0.2) is 40.4 Å². The fourth-order valence-electron chi connectivity index (χ4n) is 4.79. The Balaban J connectivity index is 1.42. The molecule has 2 aromatic heterocycles. The van der Waals surface area contributed by atoms with Gasteiger partial charge in [-0.15, -0.1) is 0 Å². The number of aromatic nitrogens is 2. The Bertz CT molecular complexity index is 1050. The first-order chi connectivity index (χ1) is 14.2. The van der Waals surface area contributed by atoms with Crippen LogP contribution in [-0.2, 0) is 12.0 Å². The Hall–Kier alpha value is -3.21. The van der Waals surface area contributed by atoms with E-state index >= 15 is 0 Å². The van der Waals surface area contributed by atoms with Crippen LogP contribution < -0.4 is 4.90 Å². The fraction of sp³-hybridized carbons (Fsp3) is 0.292. The van der Waals surface area contributed by atoms with Crippen molar-refractivity contribution in [3.05, 3.63) is 89.5 Å². The molecule has 2 aliphatic heterocycles. The lowest BCUT2D eigenvalue weighted by atomic mass is 9.85. The average molecular weight is 384 g/mol. The van der Waals surface area contributed by atoms with Crippen molar-refractivity contribution in [3.8, 4) is 0 Å². The van der Waals surface area contributed by atoms with Crippen molar-refractivity contribution >= 4 is 11.6 Å². The number of benzene rings is 1. The number of rotatable bonds is 3. The van der Waals surface area contributed by atoms with Crippen LogP contribution in [0.15, 0.2) is 67.1 Å². The van der Waals surface area contributed by atoms with Crippen molar-refractivity contribution in [1.29, 1.82) is 0 Å². The van der Waals surface area contributed by atoms with Gasteiger partial charge in [0.2, 0.25) is 0 Å². The van der Waals surface area contributed by atoms with Crippen molar-refractivity contribution in [2.45, 2.75) is 25.3 Å². The predicted molar refractivity (Wildman–Crippen MR) is 113 cm³/mol. The number of aryl methyl sites for hydroxylation is 1. The van der Waals surface area contributed by atoms with Crippen LogP contribution >= 0.6 is 0 Å². The number of hydrogen-bond donors (Lipinski definition) is 0. The second kappa shape index (κ2) is 6.99. The number of hydrogen-bond acceptors (Lipinski definition) is 4. The van der Waals surface area contributed by atoms with Gasteiger partial charge in [0.15, 0.2) is 0 Å². The number of amides is 1. The standard InChI is InChI=1S/C24H24N4O/c1-18-6-2-3-8-20(18)23(29)27-13-10-24(16-27)17-28(15-19-7-4-11-25-14-19)21-9-5-12-26-22(21)24/h2-9,11-12,14H,10,13,15-17H2,1H3/t24-/m1/s1. The van der Waals surface area contributed by atoms with Gasteiger partial charge in [-0.1, -0.05) is 24.3 Å². The van der Waals surface area contributed by atoms with Gasteiger partial charge in [-0.2, -0.15) is 0 Å². The van der Waals surface area contributed by atoms with Crippen molar-refractivity contribution in [1.82, 2.24) is 14.9 Å². The molecule has 0 aliphatic carbocycles. The Morgan fingerprint density at radius 1 is 1.07 bits per heavy atom. The summed E-state index contributed by atoms with van der Waals surface area (Å²) in [5, 5.41) is 0. The van der Waals surface area contributed by atoms with Crippen LogP contribution in [0.3, 0.4) is 0 Å². The summed E-state index contributed by atoms with van der Waals surface area (Å²) in [6, 6.07) is 16.1. The van der Waals surface area contributed by atoms with Crippen LogP contribution in [0.4, 0.5) is 5.69 Å². The van der Waals surface area contributed by atoms with E-state index in [1.165, 1.54) is 11.3 Å². The quantitative estimate of drug-likeness (QED) is 0.692. The van der Waals surface area contributed by atoms with E-state index in [1.807, 2.05) is 60.6 Å². The molecule has 29 heavy (non-hydrogen) atoms. The molecule has 1 fully saturated rings. The summed E-state index contributed by atoms with van der Waals surface area (Å²) >= 11 is 0. The molecular formula is C24H24N4O. The van der Waals surface area contributed by atoms with Crippen molar-refractivity contribution in [2.24, 2.45) is 0 Å². The third kappa shape index (κ3) is 3.07. The molecule has 1 aromatic carbocycles. The first-order valence-corrected chi connectivity index (χ1v) is 10.1. The molecule has 5 rings (SSSR count). The summed E-state index contributed by atoms with van der Waals surface area (Å²) in [7, 11) is 0. The molecule has 5 nitrogen and oxygen atoms in total. The highest BCUT2D eigenvalue weighted by Gasteiger charge is 2.49. The van der Waals surface area contributed by atoms with E-state index in [-0.39, 0.29) is 11.3 Å². The lowest BCUT2D eigenvalue weighted by Crippen LogP contribution is -2.38. The molecule has 1 saturated heterocycles.